The van der Waals surface area contributed by atoms with Crippen LogP contribution in [0.4, 0.5) is 0 Å². The Kier molecular flexibility index (Phi) is 5.34. The van der Waals surface area contributed by atoms with Crippen molar-refractivity contribution >= 4 is 17.4 Å². The number of aryl methyl sites for hydroxylation is 1. The van der Waals surface area contributed by atoms with Crippen molar-refractivity contribution in [1.29, 1.82) is 0 Å². The Morgan fingerprint density at radius 1 is 1.32 bits per heavy atom. The molecule has 0 aromatic carbocycles. The SMILES string of the molecule is COCCCn1c(SCc2cc(=O)n3c(C)cccc3n2)n[nH]c1=O. The predicted octanol–water partition coefficient (Wildman–Crippen LogP) is 1.22. The average molecular weight is 361 g/mol. The van der Waals surface area contributed by atoms with Crippen molar-refractivity contribution < 1.29 is 4.74 Å². The van der Waals surface area contributed by atoms with Crippen LogP contribution in [0.15, 0.2) is 39.0 Å². The predicted molar refractivity (Wildman–Crippen MR) is 95.1 cm³/mol. The molecule has 9 heteroatoms. The number of ether oxygens (including phenoxy) is 1. The minimum Gasteiger partial charge on any atom is -0.385 e. The average Bonchev–Trinajstić information content (AvgIpc) is 2.93. The third kappa shape index (κ3) is 3.83. The van der Waals surface area contributed by atoms with E-state index in [2.05, 4.69) is 15.2 Å². The molecule has 3 aromatic heterocycles. The van der Waals surface area contributed by atoms with Gasteiger partial charge >= 0.3 is 5.69 Å². The van der Waals surface area contributed by atoms with Crippen molar-refractivity contribution in [3.63, 3.8) is 0 Å². The number of hydrogen-bond acceptors (Lipinski definition) is 6. The number of pyridine rings is 1. The van der Waals surface area contributed by atoms with Crippen LogP contribution in [0.25, 0.3) is 5.65 Å². The lowest BCUT2D eigenvalue weighted by Crippen LogP contribution is -2.19. The minimum absolute atomic E-state index is 0.113. The molecule has 8 nitrogen and oxygen atoms in total. The molecule has 0 radical (unpaired) electrons. The van der Waals surface area contributed by atoms with Crippen molar-refractivity contribution in [3.05, 3.63) is 56.5 Å². The van der Waals surface area contributed by atoms with Crippen LogP contribution in [-0.4, -0.2) is 37.9 Å². The highest BCUT2D eigenvalue weighted by Crippen LogP contribution is 2.18. The van der Waals surface area contributed by atoms with Crippen molar-refractivity contribution in [1.82, 2.24) is 24.1 Å². The zero-order valence-electron chi connectivity index (χ0n) is 14.1. The summed E-state index contributed by atoms with van der Waals surface area (Å²) in [5.41, 5.74) is 1.74. The lowest BCUT2D eigenvalue weighted by atomic mass is 10.3. The number of thioether (sulfide) groups is 1. The lowest BCUT2D eigenvalue weighted by Gasteiger charge is -2.07. The van der Waals surface area contributed by atoms with Gasteiger partial charge in [0.1, 0.15) is 5.65 Å². The van der Waals surface area contributed by atoms with Crippen molar-refractivity contribution in [3.8, 4) is 0 Å². The molecule has 0 spiro atoms. The van der Waals surface area contributed by atoms with Gasteiger partial charge in [0.2, 0.25) is 0 Å². The molecule has 0 saturated heterocycles. The molecule has 0 aliphatic rings. The number of fused-ring (bicyclic) bond motifs is 1. The van der Waals surface area contributed by atoms with E-state index in [9.17, 15) is 9.59 Å². The number of aromatic nitrogens is 5. The summed E-state index contributed by atoms with van der Waals surface area (Å²) in [6, 6.07) is 7.06. The zero-order chi connectivity index (χ0) is 17.8. The number of hydrogen-bond donors (Lipinski definition) is 1. The summed E-state index contributed by atoms with van der Waals surface area (Å²) in [5, 5.41) is 7.08. The molecule has 0 aliphatic carbocycles. The molecule has 0 fully saturated rings. The van der Waals surface area contributed by atoms with E-state index in [0.717, 1.165) is 12.1 Å². The van der Waals surface area contributed by atoms with Gasteiger partial charge in [0.05, 0.1) is 5.69 Å². The van der Waals surface area contributed by atoms with Gasteiger partial charge in [-0.2, -0.15) is 0 Å². The first-order valence-electron chi connectivity index (χ1n) is 7.85. The van der Waals surface area contributed by atoms with Gasteiger partial charge in [0.15, 0.2) is 5.16 Å². The van der Waals surface area contributed by atoms with Crippen LogP contribution in [0.5, 0.6) is 0 Å². The van der Waals surface area contributed by atoms with Gasteiger partial charge in [-0.15, -0.1) is 5.10 Å². The number of H-pyrrole nitrogens is 1. The van der Waals surface area contributed by atoms with E-state index in [1.807, 2.05) is 19.1 Å². The number of nitrogens with one attached hydrogen (secondary N) is 1. The van der Waals surface area contributed by atoms with Gasteiger partial charge in [0, 0.05) is 37.8 Å². The van der Waals surface area contributed by atoms with Crippen molar-refractivity contribution in [2.75, 3.05) is 13.7 Å². The third-order valence-electron chi connectivity index (χ3n) is 3.74. The summed E-state index contributed by atoms with van der Waals surface area (Å²) in [4.78, 5) is 28.7. The van der Waals surface area contributed by atoms with E-state index >= 15 is 0 Å². The topological polar surface area (TPSA) is 94.3 Å². The van der Waals surface area contributed by atoms with Crippen LogP contribution in [0.2, 0.25) is 0 Å². The monoisotopic (exact) mass is 361 g/mol. The molecule has 1 N–H and O–H groups in total. The number of nitrogens with zero attached hydrogens (tertiary/aromatic N) is 4. The number of aromatic amines is 1. The summed E-state index contributed by atoms with van der Waals surface area (Å²) in [7, 11) is 1.62. The second-order valence-electron chi connectivity index (χ2n) is 5.54. The first-order chi connectivity index (χ1) is 12.1. The fraction of sp³-hybridized carbons (Fsp3) is 0.375. The Hall–Kier alpha value is -2.39. The Morgan fingerprint density at radius 3 is 2.96 bits per heavy atom. The highest BCUT2D eigenvalue weighted by atomic mass is 32.2. The van der Waals surface area contributed by atoms with Crippen molar-refractivity contribution in [2.24, 2.45) is 0 Å². The van der Waals surface area contributed by atoms with E-state index < -0.39 is 0 Å². The van der Waals surface area contributed by atoms with E-state index in [1.54, 1.807) is 22.1 Å². The first kappa shape index (κ1) is 17.4. The highest BCUT2D eigenvalue weighted by molar-refractivity contribution is 7.98. The summed E-state index contributed by atoms with van der Waals surface area (Å²) >= 11 is 1.37. The number of rotatable bonds is 7. The zero-order valence-corrected chi connectivity index (χ0v) is 14.9. The molecule has 132 valence electrons. The summed E-state index contributed by atoms with van der Waals surface area (Å²) in [6.45, 7) is 2.97. The Morgan fingerprint density at radius 2 is 2.16 bits per heavy atom. The van der Waals surface area contributed by atoms with Crippen LogP contribution in [0.3, 0.4) is 0 Å². The molecule has 3 aromatic rings. The molecule has 0 bridgehead atoms. The van der Waals surface area contributed by atoms with Crippen LogP contribution in [0, 0.1) is 6.92 Å². The molecule has 0 amide bonds. The summed E-state index contributed by atoms with van der Waals surface area (Å²) in [5.74, 6) is 0.453. The van der Waals surface area contributed by atoms with E-state index in [-0.39, 0.29) is 11.2 Å². The Labute approximate surface area is 147 Å². The normalized spacial score (nSPS) is 11.3. The lowest BCUT2D eigenvalue weighted by molar-refractivity contribution is 0.189. The first-order valence-corrected chi connectivity index (χ1v) is 8.84. The van der Waals surface area contributed by atoms with Gasteiger partial charge in [-0.05, 0) is 25.5 Å². The Balaban J connectivity index is 1.79. The van der Waals surface area contributed by atoms with Crippen LogP contribution in [0.1, 0.15) is 17.8 Å². The maximum absolute atomic E-state index is 12.3. The molecule has 0 aliphatic heterocycles. The molecule has 0 unspecified atom stereocenters. The van der Waals surface area contributed by atoms with Gasteiger partial charge in [0.25, 0.3) is 5.56 Å². The quantitative estimate of drug-likeness (QED) is 0.502. The maximum Gasteiger partial charge on any atom is 0.343 e. The van der Waals surface area contributed by atoms with E-state index in [0.29, 0.717) is 35.4 Å². The minimum atomic E-state index is -0.249. The van der Waals surface area contributed by atoms with Crippen LogP contribution in [-0.2, 0) is 17.0 Å². The maximum atomic E-state index is 12.3. The van der Waals surface area contributed by atoms with Crippen LogP contribution < -0.4 is 11.2 Å². The molecular formula is C16H19N5O3S. The smallest absolute Gasteiger partial charge is 0.343 e. The molecule has 25 heavy (non-hydrogen) atoms. The van der Waals surface area contributed by atoms with E-state index in [4.69, 9.17) is 4.74 Å². The highest BCUT2D eigenvalue weighted by Gasteiger charge is 2.11. The molecule has 0 saturated carbocycles. The summed E-state index contributed by atoms with van der Waals surface area (Å²) in [6.07, 6.45) is 0.721. The van der Waals surface area contributed by atoms with E-state index in [1.165, 1.54) is 17.8 Å². The molecule has 0 atom stereocenters. The summed E-state index contributed by atoms with van der Waals surface area (Å²) < 4.78 is 8.16. The molecular weight excluding hydrogens is 342 g/mol. The largest absolute Gasteiger partial charge is 0.385 e. The van der Waals surface area contributed by atoms with Gasteiger partial charge in [-0.25, -0.2) is 14.9 Å². The third-order valence-corrected chi connectivity index (χ3v) is 4.75. The molecule has 3 heterocycles. The van der Waals surface area contributed by atoms with Crippen molar-refractivity contribution in [2.45, 2.75) is 30.8 Å². The van der Waals surface area contributed by atoms with Gasteiger partial charge in [-0.1, -0.05) is 17.8 Å². The van der Waals surface area contributed by atoms with Crippen LogP contribution >= 0.6 is 11.8 Å². The second kappa shape index (κ2) is 7.66. The van der Waals surface area contributed by atoms with Gasteiger partial charge in [-0.3, -0.25) is 13.8 Å². The van der Waals surface area contributed by atoms with Gasteiger partial charge < -0.3 is 4.74 Å². The standard InChI is InChI=1S/C16H19N5O3S/c1-11-5-3-6-13-17-12(9-14(22)21(11)13)10-25-16-19-18-15(23)20(16)7-4-8-24-2/h3,5-6,9H,4,7-8,10H2,1-2H3,(H,18,23). The number of methoxy groups -OCH3 is 1. The molecule has 3 rings (SSSR count). The fourth-order valence-electron chi connectivity index (χ4n) is 2.55. The second-order valence-corrected chi connectivity index (χ2v) is 6.49. The Bertz CT molecular complexity index is 991. The fourth-order valence-corrected chi connectivity index (χ4v) is 3.42.